The first kappa shape index (κ1) is 17.7. The van der Waals surface area contributed by atoms with Crippen molar-refractivity contribution >= 4 is 27.1 Å². The highest BCUT2D eigenvalue weighted by Crippen LogP contribution is 2.34. The van der Waals surface area contributed by atoms with Crippen LogP contribution in [-0.2, 0) is 10.0 Å². The number of nitrogens with zero attached hydrogens (tertiary/aromatic N) is 1. The van der Waals surface area contributed by atoms with E-state index in [0.29, 0.717) is 28.4 Å². The van der Waals surface area contributed by atoms with Crippen LogP contribution in [0.5, 0.6) is 11.5 Å². The van der Waals surface area contributed by atoms with Crippen molar-refractivity contribution in [1.82, 2.24) is 0 Å². The molecule has 0 aromatic heterocycles. The van der Waals surface area contributed by atoms with Crippen molar-refractivity contribution in [1.29, 1.82) is 5.26 Å². The second-order valence-electron chi connectivity index (χ2n) is 5.98. The molecule has 0 fully saturated rings. The van der Waals surface area contributed by atoms with Crippen LogP contribution in [0.1, 0.15) is 5.56 Å². The molecule has 0 atom stereocenters. The van der Waals surface area contributed by atoms with Crippen molar-refractivity contribution < 1.29 is 17.9 Å². The average molecular weight is 393 g/mol. The summed E-state index contributed by atoms with van der Waals surface area (Å²) in [6.07, 6.45) is 0. The summed E-state index contributed by atoms with van der Waals surface area (Å²) < 4.78 is 38.2. The lowest BCUT2D eigenvalue weighted by atomic mass is 10.2. The van der Waals surface area contributed by atoms with Gasteiger partial charge in [0.15, 0.2) is 11.5 Å². The smallest absolute Gasteiger partial charge is 0.262 e. The minimum atomic E-state index is -3.77. The van der Waals surface area contributed by atoms with Crippen molar-refractivity contribution in [2.45, 2.75) is 4.90 Å². The Morgan fingerprint density at radius 2 is 1.61 bits per heavy atom. The van der Waals surface area contributed by atoms with E-state index in [1.807, 2.05) is 6.07 Å². The van der Waals surface area contributed by atoms with E-state index in [1.165, 1.54) is 12.1 Å². The van der Waals surface area contributed by atoms with Crippen LogP contribution < -0.4 is 19.5 Å². The Morgan fingerprint density at radius 1 is 0.893 bits per heavy atom. The minimum Gasteiger partial charge on any atom is -0.454 e. The summed E-state index contributed by atoms with van der Waals surface area (Å²) in [4.78, 5) is 0.0851. The van der Waals surface area contributed by atoms with Crippen LogP contribution in [0.15, 0.2) is 71.6 Å². The number of benzene rings is 3. The summed E-state index contributed by atoms with van der Waals surface area (Å²) in [5, 5.41) is 12.3. The molecule has 2 N–H and O–H groups in total. The summed E-state index contributed by atoms with van der Waals surface area (Å²) in [6.45, 7) is 0.0790. The topological polar surface area (TPSA) is 100 Å². The summed E-state index contributed by atoms with van der Waals surface area (Å²) in [6, 6.07) is 20.5. The molecule has 4 rings (SSSR count). The summed E-state index contributed by atoms with van der Waals surface area (Å²) in [5.74, 6) is 0.922. The lowest BCUT2D eigenvalue weighted by Crippen LogP contribution is -2.12. The SMILES string of the molecule is N#Cc1ccccc1Nc1ccc(NS(=O)(=O)c2ccc3c(c2)OCO3)cc1. The molecule has 0 unspecified atom stereocenters. The monoisotopic (exact) mass is 393 g/mol. The predicted molar refractivity (Wildman–Crippen MR) is 104 cm³/mol. The van der Waals surface area contributed by atoms with E-state index in [-0.39, 0.29) is 11.7 Å². The van der Waals surface area contributed by atoms with Crippen LogP contribution in [0.25, 0.3) is 0 Å². The molecule has 3 aromatic carbocycles. The highest BCUT2D eigenvalue weighted by molar-refractivity contribution is 7.92. The van der Waals surface area contributed by atoms with Crippen LogP contribution in [0.2, 0.25) is 0 Å². The van der Waals surface area contributed by atoms with Gasteiger partial charge in [-0.3, -0.25) is 4.72 Å². The van der Waals surface area contributed by atoms with E-state index >= 15 is 0 Å². The molecule has 0 aliphatic carbocycles. The molecule has 140 valence electrons. The summed E-state index contributed by atoms with van der Waals surface area (Å²) in [5.41, 5.74) is 2.35. The van der Waals surface area contributed by atoms with Gasteiger partial charge in [0.05, 0.1) is 16.1 Å². The summed E-state index contributed by atoms with van der Waals surface area (Å²) in [7, 11) is -3.77. The first-order valence-electron chi connectivity index (χ1n) is 8.34. The van der Waals surface area contributed by atoms with Crippen molar-refractivity contribution in [3.05, 3.63) is 72.3 Å². The van der Waals surface area contributed by atoms with Gasteiger partial charge in [0.1, 0.15) is 6.07 Å². The molecule has 0 amide bonds. The maximum absolute atomic E-state index is 12.6. The standard InChI is InChI=1S/C20H15N3O4S/c21-12-14-3-1-2-4-18(14)22-15-5-7-16(8-6-15)23-28(24,25)17-9-10-19-20(11-17)27-13-26-19/h1-11,22-23H,13H2. The molecular formula is C20H15N3O4S. The predicted octanol–water partition coefficient (Wildman–Crippen LogP) is 3.83. The number of nitriles is 1. The van der Waals surface area contributed by atoms with E-state index in [0.717, 1.165) is 5.69 Å². The van der Waals surface area contributed by atoms with Gasteiger partial charge in [0.25, 0.3) is 10.0 Å². The Bertz CT molecular complexity index is 1170. The fourth-order valence-electron chi connectivity index (χ4n) is 2.72. The second-order valence-corrected chi connectivity index (χ2v) is 7.66. The zero-order valence-electron chi connectivity index (χ0n) is 14.5. The lowest BCUT2D eigenvalue weighted by Gasteiger charge is -2.11. The molecule has 0 spiro atoms. The van der Waals surface area contributed by atoms with Crippen LogP contribution in [-0.4, -0.2) is 15.2 Å². The molecule has 0 saturated heterocycles. The largest absolute Gasteiger partial charge is 0.454 e. The van der Waals surface area contributed by atoms with Crippen LogP contribution >= 0.6 is 0 Å². The minimum absolute atomic E-state index is 0.0790. The zero-order chi connectivity index (χ0) is 19.6. The van der Waals surface area contributed by atoms with Gasteiger partial charge in [-0.2, -0.15) is 5.26 Å². The van der Waals surface area contributed by atoms with E-state index in [1.54, 1.807) is 48.5 Å². The number of rotatable bonds is 5. The number of anilines is 3. The van der Waals surface area contributed by atoms with E-state index in [4.69, 9.17) is 14.7 Å². The number of hydrogen-bond acceptors (Lipinski definition) is 6. The molecule has 0 radical (unpaired) electrons. The Balaban J connectivity index is 1.50. The van der Waals surface area contributed by atoms with Crippen molar-refractivity contribution in [2.75, 3.05) is 16.8 Å². The van der Waals surface area contributed by atoms with Crippen molar-refractivity contribution in [2.24, 2.45) is 0 Å². The molecule has 1 aliphatic rings. The first-order chi connectivity index (χ1) is 13.5. The van der Waals surface area contributed by atoms with Gasteiger partial charge in [-0.25, -0.2) is 8.42 Å². The molecule has 1 aliphatic heterocycles. The van der Waals surface area contributed by atoms with Gasteiger partial charge < -0.3 is 14.8 Å². The molecule has 7 nitrogen and oxygen atoms in total. The quantitative estimate of drug-likeness (QED) is 0.683. The molecule has 0 saturated carbocycles. The molecule has 8 heteroatoms. The van der Waals surface area contributed by atoms with Crippen LogP contribution in [0.4, 0.5) is 17.1 Å². The Morgan fingerprint density at radius 3 is 2.39 bits per heavy atom. The molecule has 1 heterocycles. The number of hydrogen-bond donors (Lipinski definition) is 2. The third-order valence-electron chi connectivity index (χ3n) is 4.12. The normalized spacial score (nSPS) is 12.2. The Labute approximate surface area is 162 Å². The highest BCUT2D eigenvalue weighted by atomic mass is 32.2. The third-order valence-corrected chi connectivity index (χ3v) is 5.50. The van der Waals surface area contributed by atoms with Crippen molar-refractivity contribution in [3.8, 4) is 17.6 Å². The Kier molecular flexibility index (Phi) is 4.51. The lowest BCUT2D eigenvalue weighted by molar-refractivity contribution is 0.174. The Hall–Kier alpha value is -3.70. The van der Waals surface area contributed by atoms with E-state index in [9.17, 15) is 8.42 Å². The number of sulfonamides is 1. The van der Waals surface area contributed by atoms with E-state index < -0.39 is 10.0 Å². The number of ether oxygens (including phenoxy) is 2. The van der Waals surface area contributed by atoms with Gasteiger partial charge >= 0.3 is 0 Å². The fraction of sp³-hybridized carbons (Fsp3) is 0.0500. The molecule has 0 bridgehead atoms. The van der Waals surface area contributed by atoms with Gasteiger partial charge in [0, 0.05) is 17.4 Å². The van der Waals surface area contributed by atoms with E-state index in [2.05, 4.69) is 16.1 Å². The number of nitrogens with one attached hydrogen (secondary N) is 2. The maximum atomic E-state index is 12.6. The molecule has 28 heavy (non-hydrogen) atoms. The van der Waals surface area contributed by atoms with Gasteiger partial charge in [-0.15, -0.1) is 0 Å². The average Bonchev–Trinajstić information content (AvgIpc) is 3.17. The number of para-hydroxylation sites is 1. The molecular weight excluding hydrogens is 378 g/mol. The fourth-order valence-corrected chi connectivity index (χ4v) is 3.80. The zero-order valence-corrected chi connectivity index (χ0v) is 15.4. The van der Waals surface area contributed by atoms with Crippen molar-refractivity contribution in [3.63, 3.8) is 0 Å². The van der Waals surface area contributed by atoms with Crippen LogP contribution in [0.3, 0.4) is 0 Å². The second kappa shape index (κ2) is 7.13. The highest BCUT2D eigenvalue weighted by Gasteiger charge is 2.20. The van der Waals surface area contributed by atoms with Crippen LogP contribution in [0, 0.1) is 11.3 Å². The van der Waals surface area contributed by atoms with Gasteiger partial charge in [0.2, 0.25) is 6.79 Å². The summed E-state index contributed by atoms with van der Waals surface area (Å²) >= 11 is 0. The van der Waals surface area contributed by atoms with Gasteiger partial charge in [-0.05, 0) is 48.5 Å². The first-order valence-corrected chi connectivity index (χ1v) is 9.82. The maximum Gasteiger partial charge on any atom is 0.262 e. The number of fused-ring (bicyclic) bond motifs is 1. The van der Waals surface area contributed by atoms with Gasteiger partial charge in [-0.1, -0.05) is 12.1 Å². The third kappa shape index (κ3) is 3.56. The molecule has 3 aromatic rings.